The van der Waals surface area contributed by atoms with Crippen LogP contribution in [0.2, 0.25) is 0 Å². The molecule has 0 amide bonds. The summed E-state index contributed by atoms with van der Waals surface area (Å²) in [6, 6.07) is 41.2. The standard InChI is InChI=1S/C56H38N4/c1-35-19-23-39(24-20-35)57(37-11-5-3-6-12-37)41-27-29-51-47(31-41)43-15-9-17-45-49-34-54-50(33-53(49)59(51)55(43)45)46-18-10-16-44-48-32-42(28-30-52(48)60(54)56(44)46)58(38-13-7-4-8-14-38)40-25-21-36(2)22-26-40/h3-34H,1-2H3/i3D,4D,5D,6D,7D,8D,11D,12D,13D,14D. The zero-order chi connectivity index (χ0) is 48.3. The van der Waals surface area contributed by atoms with Crippen LogP contribution in [-0.2, 0) is 0 Å². The maximum atomic E-state index is 8.98. The topological polar surface area (TPSA) is 15.3 Å². The lowest BCUT2D eigenvalue weighted by Crippen LogP contribution is -2.09. The van der Waals surface area contributed by atoms with Gasteiger partial charge in [0.05, 0.1) is 46.8 Å². The number of fused-ring (bicyclic) bond motifs is 12. The van der Waals surface area contributed by atoms with Gasteiger partial charge < -0.3 is 18.6 Å². The molecule has 0 aliphatic carbocycles. The first kappa shape index (κ1) is 24.8. The van der Waals surface area contributed by atoms with Crippen molar-refractivity contribution in [1.29, 1.82) is 0 Å². The zero-order valence-corrected chi connectivity index (χ0v) is 32.5. The molecule has 13 rings (SSSR count). The van der Waals surface area contributed by atoms with Crippen LogP contribution in [0, 0.1) is 13.8 Å². The van der Waals surface area contributed by atoms with Crippen LogP contribution in [0.3, 0.4) is 0 Å². The fourth-order valence-electron chi connectivity index (χ4n) is 9.62. The second-order valence-electron chi connectivity index (χ2n) is 15.7. The van der Waals surface area contributed by atoms with Gasteiger partial charge in [-0.3, -0.25) is 0 Å². The van der Waals surface area contributed by atoms with Crippen LogP contribution in [-0.4, -0.2) is 8.80 Å². The highest BCUT2D eigenvalue weighted by molar-refractivity contribution is 6.29. The van der Waals surface area contributed by atoms with E-state index in [4.69, 9.17) is 13.7 Å². The summed E-state index contributed by atoms with van der Waals surface area (Å²) in [5, 5.41) is 8.28. The van der Waals surface area contributed by atoms with Gasteiger partial charge in [-0.1, -0.05) is 108 Å². The minimum atomic E-state index is -0.442. The van der Waals surface area contributed by atoms with E-state index in [-0.39, 0.29) is 35.5 Å². The summed E-state index contributed by atoms with van der Waals surface area (Å²) in [6.07, 6.45) is 0. The smallest absolute Gasteiger partial charge is 0.0645 e. The van der Waals surface area contributed by atoms with Crippen molar-refractivity contribution in [2.45, 2.75) is 13.8 Å². The van der Waals surface area contributed by atoms with Crippen LogP contribution in [0.5, 0.6) is 0 Å². The number of anilines is 6. The highest BCUT2D eigenvalue weighted by atomic mass is 15.1. The Morgan fingerprint density at radius 1 is 0.333 bits per heavy atom. The van der Waals surface area contributed by atoms with Crippen LogP contribution in [0.15, 0.2) is 194 Å². The SMILES string of the molecule is [2H]c1c([2H])c([2H])c(N(c2ccc(C)cc2)c2ccc3c(c2)c2cccc4c5cc6c(cc5n3c24)c2cccc3c4cc(N(c5ccc(C)cc5)c5c([2H])c([2H])c([2H])c([2H])c5[2H])ccc4n6c32)c([2H])c1[2H]. The molecule has 0 aliphatic rings. The van der Waals surface area contributed by atoms with E-state index in [9.17, 15) is 0 Å². The van der Waals surface area contributed by atoms with Crippen molar-refractivity contribution in [2.75, 3.05) is 9.80 Å². The number of para-hydroxylation sites is 4. The first-order valence-electron chi connectivity index (χ1n) is 24.9. The number of hydrogen-bond acceptors (Lipinski definition) is 2. The number of nitrogens with zero attached hydrogens (tertiary/aromatic N) is 4. The summed E-state index contributed by atoms with van der Waals surface area (Å²) in [6.45, 7) is 3.97. The third-order valence-corrected chi connectivity index (χ3v) is 12.2. The van der Waals surface area contributed by atoms with Gasteiger partial charge >= 0.3 is 0 Å². The van der Waals surface area contributed by atoms with Gasteiger partial charge in [0.1, 0.15) is 0 Å². The van der Waals surface area contributed by atoms with E-state index < -0.39 is 36.3 Å². The lowest BCUT2D eigenvalue weighted by atomic mass is 10.0. The molecule has 0 spiro atoms. The van der Waals surface area contributed by atoms with Crippen LogP contribution in [0.4, 0.5) is 34.1 Å². The van der Waals surface area contributed by atoms with E-state index in [0.717, 1.165) is 87.3 Å². The third kappa shape index (κ3) is 4.61. The highest BCUT2D eigenvalue weighted by Gasteiger charge is 2.24. The molecule has 282 valence electrons. The predicted molar refractivity (Wildman–Crippen MR) is 255 cm³/mol. The molecule has 4 heterocycles. The lowest BCUT2D eigenvalue weighted by molar-refractivity contribution is 1.28. The quantitative estimate of drug-likeness (QED) is 0.167. The van der Waals surface area contributed by atoms with Crippen molar-refractivity contribution in [3.05, 3.63) is 205 Å². The molecular weight excluding hydrogens is 729 g/mol. The summed E-state index contributed by atoms with van der Waals surface area (Å²) < 4.78 is 91.4. The predicted octanol–water partition coefficient (Wildman–Crippen LogP) is 15.5. The number of benzene rings is 9. The summed E-state index contributed by atoms with van der Waals surface area (Å²) in [5.74, 6) is 0. The van der Waals surface area contributed by atoms with Crippen molar-refractivity contribution < 1.29 is 13.7 Å². The van der Waals surface area contributed by atoms with E-state index in [1.54, 1.807) is 9.80 Å². The molecule has 0 saturated heterocycles. The second-order valence-corrected chi connectivity index (χ2v) is 15.7. The third-order valence-electron chi connectivity index (χ3n) is 12.2. The molecule has 0 fully saturated rings. The van der Waals surface area contributed by atoms with Gasteiger partial charge in [0, 0.05) is 77.2 Å². The molecule has 0 N–H and O–H groups in total. The molecule has 4 heteroatoms. The fourth-order valence-corrected chi connectivity index (χ4v) is 9.62. The van der Waals surface area contributed by atoms with Gasteiger partial charge in [-0.25, -0.2) is 0 Å². The van der Waals surface area contributed by atoms with Gasteiger partial charge in [0.25, 0.3) is 0 Å². The summed E-state index contributed by atoms with van der Waals surface area (Å²) in [5.41, 5.74) is 11.0. The Hall–Kier alpha value is -7.82. The molecule has 0 atom stereocenters. The number of aromatic nitrogens is 2. The Labute approximate surface area is 360 Å². The summed E-state index contributed by atoms with van der Waals surface area (Å²) in [4.78, 5) is 3.52. The number of aryl methyl sites for hydroxylation is 2. The first-order chi connectivity index (χ1) is 33.7. The Morgan fingerprint density at radius 2 is 0.683 bits per heavy atom. The number of hydrogen-bond donors (Lipinski definition) is 0. The minimum Gasteiger partial charge on any atom is -0.310 e. The Kier molecular flexibility index (Phi) is 5.11. The highest BCUT2D eigenvalue weighted by Crippen LogP contribution is 2.47. The maximum absolute atomic E-state index is 8.98. The summed E-state index contributed by atoms with van der Waals surface area (Å²) >= 11 is 0. The van der Waals surface area contributed by atoms with Crippen molar-refractivity contribution in [1.82, 2.24) is 8.80 Å². The van der Waals surface area contributed by atoms with E-state index in [1.165, 1.54) is 0 Å². The van der Waals surface area contributed by atoms with Crippen molar-refractivity contribution >= 4 is 110 Å². The molecule has 60 heavy (non-hydrogen) atoms. The largest absolute Gasteiger partial charge is 0.310 e. The Balaban J connectivity index is 1.03. The molecular formula is C56H38N4. The van der Waals surface area contributed by atoms with Gasteiger partial charge in [0.15, 0.2) is 0 Å². The number of rotatable bonds is 6. The van der Waals surface area contributed by atoms with E-state index in [0.29, 0.717) is 22.7 Å². The molecule has 13 aromatic rings. The van der Waals surface area contributed by atoms with E-state index in [2.05, 4.69) is 81.6 Å². The molecule has 4 nitrogen and oxygen atoms in total. The van der Waals surface area contributed by atoms with Crippen LogP contribution < -0.4 is 9.80 Å². The minimum absolute atomic E-state index is 0.0751. The van der Waals surface area contributed by atoms with Crippen LogP contribution in [0.25, 0.3) is 76.2 Å². The van der Waals surface area contributed by atoms with Gasteiger partial charge in [-0.15, -0.1) is 0 Å². The van der Waals surface area contributed by atoms with Gasteiger partial charge in [0.2, 0.25) is 0 Å². The first-order valence-corrected chi connectivity index (χ1v) is 19.9. The van der Waals surface area contributed by atoms with Gasteiger partial charge in [-0.05, 0) is 111 Å². The van der Waals surface area contributed by atoms with Gasteiger partial charge in [-0.2, -0.15) is 0 Å². The molecule has 0 unspecified atom stereocenters. The molecule has 0 aliphatic heterocycles. The zero-order valence-electron chi connectivity index (χ0n) is 42.5. The molecule has 0 saturated carbocycles. The van der Waals surface area contributed by atoms with Crippen LogP contribution in [0.1, 0.15) is 24.8 Å². The fraction of sp³-hybridized carbons (Fsp3) is 0.0357. The average molecular weight is 777 g/mol. The van der Waals surface area contributed by atoms with Crippen molar-refractivity contribution in [3.8, 4) is 0 Å². The lowest BCUT2D eigenvalue weighted by Gasteiger charge is -2.25. The molecule has 0 bridgehead atoms. The molecule has 9 aromatic carbocycles. The second kappa shape index (κ2) is 12.3. The molecule has 4 aromatic heterocycles. The summed E-state index contributed by atoms with van der Waals surface area (Å²) in [7, 11) is 0. The maximum Gasteiger partial charge on any atom is 0.0645 e. The normalized spacial score (nSPS) is 14.5. The van der Waals surface area contributed by atoms with Crippen LogP contribution >= 0.6 is 0 Å². The average Bonchev–Trinajstić information content (AvgIpc) is 4.10. The van der Waals surface area contributed by atoms with E-state index >= 15 is 0 Å². The Morgan fingerprint density at radius 3 is 1.07 bits per heavy atom. The van der Waals surface area contributed by atoms with Crippen molar-refractivity contribution in [2.24, 2.45) is 0 Å². The van der Waals surface area contributed by atoms with Crippen molar-refractivity contribution in [3.63, 3.8) is 0 Å². The van der Waals surface area contributed by atoms with E-state index in [1.807, 2.05) is 74.5 Å². The monoisotopic (exact) mass is 776 g/mol. The Bertz CT molecular complexity index is 4050. The molecule has 0 radical (unpaired) electrons.